The van der Waals surface area contributed by atoms with E-state index < -0.39 is 0 Å². The molecule has 1 nitrogen and oxygen atoms in total. The lowest BCUT2D eigenvalue weighted by Crippen LogP contribution is -2.39. The predicted octanol–water partition coefficient (Wildman–Crippen LogP) is 3.20. The topological polar surface area (TPSA) is 12.0 Å². The molecular formula is C10H11Cl2NS. The van der Waals surface area contributed by atoms with E-state index in [1.165, 1.54) is 11.5 Å². The molecule has 0 saturated carbocycles. The van der Waals surface area contributed by atoms with Gasteiger partial charge in [-0.15, -0.1) is 0 Å². The molecular weight excluding hydrogens is 237 g/mol. The Morgan fingerprint density at radius 1 is 1.36 bits per heavy atom. The molecule has 1 aromatic carbocycles. The van der Waals surface area contributed by atoms with Crippen molar-refractivity contribution < 1.29 is 0 Å². The number of benzene rings is 1. The molecule has 0 unspecified atom stereocenters. The van der Waals surface area contributed by atoms with Gasteiger partial charge in [0.15, 0.2) is 0 Å². The van der Waals surface area contributed by atoms with Crippen molar-refractivity contribution in [3.05, 3.63) is 33.8 Å². The molecule has 14 heavy (non-hydrogen) atoms. The van der Waals surface area contributed by atoms with Crippen molar-refractivity contribution in [3.63, 3.8) is 0 Å². The van der Waals surface area contributed by atoms with Crippen LogP contribution in [0.15, 0.2) is 18.2 Å². The molecule has 2 rings (SSSR count). The van der Waals surface area contributed by atoms with Gasteiger partial charge in [0.25, 0.3) is 0 Å². The smallest absolute Gasteiger partial charge is 0.0465 e. The Hall–Kier alpha value is 0.110. The highest BCUT2D eigenvalue weighted by molar-refractivity contribution is 8.00. The molecule has 1 fully saturated rings. The Morgan fingerprint density at radius 2 is 2.14 bits per heavy atom. The molecule has 0 spiro atoms. The van der Waals surface area contributed by atoms with Gasteiger partial charge in [0.05, 0.1) is 0 Å². The van der Waals surface area contributed by atoms with Gasteiger partial charge in [-0.3, -0.25) is 0 Å². The van der Waals surface area contributed by atoms with Crippen LogP contribution in [0.1, 0.15) is 5.56 Å². The second kappa shape index (κ2) is 4.75. The number of nitrogens with one attached hydrogen (secondary N) is 1. The van der Waals surface area contributed by atoms with E-state index in [9.17, 15) is 0 Å². The van der Waals surface area contributed by atoms with E-state index in [1.807, 2.05) is 23.9 Å². The van der Waals surface area contributed by atoms with Crippen molar-refractivity contribution in [2.24, 2.45) is 0 Å². The molecule has 1 aliphatic heterocycles. The molecule has 1 heterocycles. The molecule has 0 amide bonds. The summed E-state index contributed by atoms with van der Waals surface area (Å²) < 4.78 is 0. The van der Waals surface area contributed by atoms with E-state index in [0.717, 1.165) is 17.1 Å². The highest BCUT2D eigenvalue weighted by atomic mass is 35.5. The minimum absolute atomic E-state index is 0.659. The molecule has 1 saturated heterocycles. The third kappa shape index (κ3) is 2.57. The van der Waals surface area contributed by atoms with Gasteiger partial charge in [0, 0.05) is 34.1 Å². The zero-order valence-electron chi connectivity index (χ0n) is 7.59. The van der Waals surface area contributed by atoms with Crippen LogP contribution in [0.25, 0.3) is 0 Å². The standard InChI is InChI=1S/C10H11Cl2NS/c11-8-2-1-7(10(12)3-8)4-13-9-5-14-6-9/h1-3,9,13H,4-6H2. The van der Waals surface area contributed by atoms with E-state index >= 15 is 0 Å². The maximum Gasteiger partial charge on any atom is 0.0465 e. The summed E-state index contributed by atoms with van der Waals surface area (Å²) >= 11 is 13.8. The van der Waals surface area contributed by atoms with Gasteiger partial charge in [-0.25, -0.2) is 0 Å². The van der Waals surface area contributed by atoms with E-state index in [-0.39, 0.29) is 0 Å². The average Bonchev–Trinajstić information content (AvgIpc) is 2.05. The van der Waals surface area contributed by atoms with Gasteiger partial charge in [-0.05, 0) is 17.7 Å². The first kappa shape index (κ1) is 10.6. The molecule has 76 valence electrons. The Morgan fingerprint density at radius 3 is 2.71 bits per heavy atom. The van der Waals surface area contributed by atoms with Gasteiger partial charge in [0.2, 0.25) is 0 Å². The van der Waals surface area contributed by atoms with Gasteiger partial charge in [-0.2, -0.15) is 11.8 Å². The molecule has 0 aliphatic carbocycles. The van der Waals surface area contributed by atoms with Crippen LogP contribution >= 0.6 is 35.0 Å². The normalized spacial score (nSPS) is 16.7. The van der Waals surface area contributed by atoms with Crippen molar-refractivity contribution in [2.45, 2.75) is 12.6 Å². The fourth-order valence-corrected chi connectivity index (χ4v) is 2.46. The summed E-state index contributed by atoms with van der Waals surface area (Å²) in [6.45, 7) is 0.835. The first-order valence-electron chi connectivity index (χ1n) is 4.51. The van der Waals surface area contributed by atoms with Crippen LogP contribution in [0.4, 0.5) is 0 Å². The number of hydrogen-bond donors (Lipinski definition) is 1. The summed E-state index contributed by atoms with van der Waals surface area (Å²) in [5, 5.41) is 4.89. The Balaban J connectivity index is 1.94. The van der Waals surface area contributed by atoms with Gasteiger partial charge < -0.3 is 5.32 Å². The van der Waals surface area contributed by atoms with Crippen LogP contribution in [-0.2, 0) is 6.54 Å². The van der Waals surface area contributed by atoms with Crippen LogP contribution in [0.3, 0.4) is 0 Å². The number of halogens is 2. The molecule has 0 radical (unpaired) electrons. The third-order valence-electron chi connectivity index (χ3n) is 2.23. The van der Waals surface area contributed by atoms with Crippen molar-refractivity contribution >= 4 is 35.0 Å². The van der Waals surface area contributed by atoms with Crippen molar-refractivity contribution in [3.8, 4) is 0 Å². The maximum absolute atomic E-state index is 6.04. The van der Waals surface area contributed by atoms with Crippen LogP contribution in [0, 0.1) is 0 Å². The van der Waals surface area contributed by atoms with Crippen molar-refractivity contribution in [1.82, 2.24) is 5.32 Å². The molecule has 0 bridgehead atoms. The van der Waals surface area contributed by atoms with Crippen LogP contribution in [-0.4, -0.2) is 17.5 Å². The molecule has 4 heteroatoms. The second-order valence-electron chi connectivity index (χ2n) is 3.35. The summed E-state index contributed by atoms with van der Waals surface area (Å²) in [4.78, 5) is 0. The number of rotatable bonds is 3. The van der Waals surface area contributed by atoms with E-state index in [0.29, 0.717) is 11.1 Å². The van der Waals surface area contributed by atoms with Crippen molar-refractivity contribution in [1.29, 1.82) is 0 Å². The molecule has 1 aliphatic rings. The fourth-order valence-electron chi connectivity index (χ4n) is 1.27. The summed E-state index contributed by atoms with van der Waals surface area (Å²) in [6.07, 6.45) is 0. The minimum Gasteiger partial charge on any atom is -0.308 e. The van der Waals surface area contributed by atoms with Gasteiger partial charge in [-0.1, -0.05) is 29.3 Å². The monoisotopic (exact) mass is 247 g/mol. The summed E-state index contributed by atoms with van der Waals surface area (Å²) in [7, 11) is 0. The summed E-state index contributed by atoms with van der Waals surface area (Å²) in [5.74, 6) is 2.43. The lowest BCUT2D eigenvalue weighted by molar-refractivity contribution is 0.583. The zero-order chi connectivity index (χ0) is 9.97. The van der Waals surface area contributed by atoms with Crippen molar-refractivity contribution in [2.75, 3.05) is 11.5 Å². The average molecular weight is 248 g/mol. The second-order valence-corrected chi connectivity index (χ2v) is 5.27. The maximum atomic E-state index is 6.04. The molecule has 0 aromatic heterocycles. The van der Waals surface area contributed by atoms with Gasteiger partial charge >= 0.3 is 0 Å². The number of thioether (sulfide) groups is 1. The fraction of sp³-hybridized carbons (Fsp3) is 0.400. The predicted molar refractivity (Wildman–Crippen MR) is 64.4 cm³/mol. The van der Waals surface area contributed by atoms with Gasteiger partial charge in [0.1, 0.15) is 0 Å². The first-order chi connectivity index (χ1) is 6.75. The largest absolute Gasteiger partial charge is 0.308 e. The van der Waals surface area contributed by atoms with Crippen LogP contribution in [0.2, 0.25) is 10.0 Å². The minimum atomic E-state index is 0.659. The van der Waals surface area contributed by atoms with Crippen LogP contribution < -0.4 is 5.32 Å². The molecule has 1 N–H and O–H groups in total. The Bertz CT molecular complexity index is 326. The van der Waals surface area contributed by atoms with E-state index in [2.05, 4.69) is 5.32 Å². The SMILES string of the molecule is Clc1ccc(CNC2CSC2)c(Cl)c1. The molecule has 0 atom stereocenters. The Kier molecular flexibility index (Phi) is 3.61. The highest BCUT2D eigenvalue weighted by Crippen LogP contribution is 2.22. The Labute approximate surface area is 98.2 Å². The molecule has 1 aromatic rings. The van der Waals surface area contributed by atoms with E-state index in [4.69, 9.17) is 23.2 Å². The lowest BCUT2D eigenvalue weighted by Gasteiger charge is -2.26. The quantitative estimate of drug-likeness (QED) is 0.881. The summed E-state index contributed by atoms with van der Waals surface area (Å²) in [6, 6.07) is 6.30. The number of hydrogen-bond acceptors (Lipinski definition) is 2. The van der Waals surface area contributed by atoms with Crippen LogP contribution in [0.5, 0.6) is 0 Å². The first-order valence-corrected chi connectivity index (χ1v) is 6.42. The summed E-state index contributed by atoms with van der Waals surface area (Å²) in [5.41, 5.74) is 1.12. The van der Waals surface area contributed by atoms with E-state index in [1.54, 1.807) is 6.07 Å². The highest BCUT2D eigenvalue weighted by Gasteiger charge is 2.17. The third-order valence-corrected chi connectivity index (χ3v) is 4.10. The lowest BCUT2D eigenvalue weighted by atomic mass is 10.2. The zero-order valence-corrected chi connectivity index (χ0v) is 9.92.